The molecule has 0 saturated carbocycles. The molecule has 0 spiro atoms. The van der Waals surface area contributed by atoms with Gasteiger partial charge in [-0.2, -0.15) is 0 Å². The van der Waals surface area contributed by atoms with Crippen molar-refractivity contribution in [1.29, 1.82) is 0 Å². The van der Waals surface area contributed by atoms with Crippen molar-refractivity contribution >= 4 is 11.9 Å². The molecule has 238 valence electrons. The maximum absolute atomic E-state index is 12.6. The summed E-state index contributed by atoms with van der Waals surface area (Å²) in [4.78, 5) is 25.1. The minimum Gasteiger partial charge on any atom is -0.463 e. The van der Waals surface area contributed by atoms with Crippen LogP contribution in [0.2, 0.25) is 0 Å². The first kappa shape index (κ1) is 38.9. The van der Waals surface area contributed by atoms with Crippen molar-refractivity contribution < 1.29 is 19.1 Å². The molecule has 0 saturated heterocycles. The number of hydrogen-bond donors (Lipinski definition) is 0. The van der Waals surface area contributed by atoms with Crippen LogP contribution < -0.4 is 0 Å². The lowest BCUT2D eigenvalue weighted by molar-refractivity contribution is -0.169. The Morgan fingerprint density at radius 1 is 0.500 bits per heavy atom. The summed E-state index contributed by atoms with van der Waals surface area (Å²) >= 11 is 0. The van der Waals surface area contributed by atoms with Crippen LogP contribution in [0.3, 0.4) is 0 Å². The Labute approximate surface area is 250 Å². The smallest absolute Gasteiger partial charge is 0.347 e. The largest absolute Gasteiger partial charge is 0.463 e. The molecule has 0 radical (unpaired) electrons. The molecular formula is C36H70O4. The zero-order valence-electron chi connectivity index (χ0n) is 27.6. The number of carbonyl (C=O) groups excluding carboxylic acids is 2. The Kier molecular flexibility index (Phi) is 30.1. The van der Waals surface area contributed by atoms with Crippen LogP contribution in [-0.2, 0) is 19.1 Å². The Hall–Kier alpha value is -1.06. The van der Waals surface area contributed by atoms with E-state index in [0.29, 0.717) is 19.4 Å². The summed E-state index contributed by atoms with van der Waals surface area (Å²) in [6, 6.07) is 0. The molecule has 0 aliphatic heterocycles. The third-order valence-corrected chi connectivity index (χ3v) is 7.90. The molecule has 0 amide bonds. The predicted molar refractivity (Wildman–Crippen MR) is 172 cm³/mol. The standard InChI is InChI=1S/C36H70O4/c1-5-7-9-11-13-15-17-19-21-23-25-27-29-31-35(37)40-34(36(38)39-32-33(3)4)30-28-26-24-22-20-18-16-14-12-10-8-6-2/h33-34H,5-32H2,1-4H3. The van der Waals surface area contributed by atoms with Gasteiger partial charge in [-0.1, -0.05) is 175 Å². The maximum atomic E-state index is 12.6. The van der Waals surface area contributed by atoms with Crippen molar-refractivity contribution in [1.82, 2.24) is 0 Å². The van der Waals surface area contributed by atoms with E-state index < -0.39 is 6.10 Å². The molecule has 4 nitrogen and oxygen atoms in total. The molecule has 0 aromatic carbocycles. The summed E-state index contributed by atoms with van der Waals surface area (Å²) in [6.07, 6.45) is 32.2. The molecule has 40 heavy (non-hydrogen) atoms. The van der Waals surface area contributed by atoms with Gasteiger partial charge in [-0.05, 0) is 25.2 Å². The van der Waals surface area contributed by atoms with Gasteiger partial charge >= 0.3 is 11.9 Å². The minimum absolute atomic E-state index is 0.242. The molecule has 0 aliphatic carbocycles. The van der Waals surface area contributed by atoms with Crippen molar-refractivity contribution in [3.8, 4) is 0 Å². The molecule has 0 N–H and O–H groups in total. The first-order valence-corrected chi connectivity index (χ1v) is 17.9. The fraction of sp³-hybridized carbons (Fsp3) is 0.944. The topological polar surface area (TPSA) is 52.6 Å². The van der Waals surface area contributed by atoms with Crippen molar-refractivity contribution in [3.05, 3.63) is 0 Å². The van der Waals surface area contributed by atoms with Crippen LogP contribution in [0.15, 0.2) is 0 Å². The lowest BCUT2D eigenvalue weighted by Gasteiger charge is -2.18. The van der Waals surface area contributed by atoms with E-state index in [0.717, 1.165) is 25.7 Å². The van der Waals surface area contributed by atoms with Crippen LogP contribution in [-0.4, -0.2) is 24.6 Å². The molecular weight excluding hydrogens is 496 g/mol. The van der Waals surface area contributed by atoms with Gasteiger partial charge in [0.2, 0.25) is 0 Å². The van der Waals surface area contributed by atoms with Crippen molar-refractivity contribution in [2.24, 2.45) is 5.92 Å². The van der Waals surface area contributed by atoms with Gasteiger partial charge in [-0.25, -0.2) is 4.79 Å². The molecule has 0 rings (SSSR count). The number of esters is 2. The second kappa shape index (κ2) is 30.9. The SMILES string of the molecule is CCCCCCCCCCCCCCCC(=O)OC(CCCCCCCCCCCCCC)C(=O)OCC(C)C. The zero-order valence-corrected chi connectivity index (χ0v) is 27.6. The van der Waals surface area contributed by atoms with Crippen molar-refractivity contribution in [2.75, 3.05) is 6.61 Å². The average molecular weight is 567 g/mol. The van der Waals surface area contributed by atoms with Crippen LogP contribution in [0.25, 0.3) is 0 Å². The van der Waals surface area contributed by atoms with E-state index in [4.69, 9.17) is 9.47 Å². The number of hydrogen-bond acceptors (Lipinski definition) is 4. The van der Waals surface area contributed by atoms with Crippen molar-refractivity contribution in [2.45, 2.75) is 207 Å². The molecule has 0 fully saturated rings. The monoisotopic (exact) mass is 567 g/mol. The van der Waals surface area contributed by atoms with E-state index >= 15 is 0 Å². The van der Waals surface area contributed by atoms with E-state index in [1.54, 1.807) is 0 Å². The van der Waals surface area contributed by atoms with Crippen LogP contribution in [0, 0.1) is 5.92 Å². The first-order valence-electron chi connectivity index (χ1n) is 17.9. The summed E-state index contributed by atoms with van der Waals surface area (Å²) < 4.78 is 11.1. The van der Waals surface area contributed by atoms with Crippen LogP contribution in [0.4, 0.5) is 0 Å². The second-order valence-corrected chi connectivity index (χ2v) is 12.7. The maximum Gasteiger partial charge on any atom is 0.347 e. The number of unbranched alkanes of at least 4 members (excludes halogenated alkanes) is 23. The molecule has 0 bridgehead atoms. The summed E-state index contributed by atoms with van der Waals surface area (Å²) in [7, 11) is 0. The van der Waals surface area contributed by atoms with E-state index in [2.05, 4.69) is 13.8 Å². The van der Waals surface area contributed by atoms with Gasteiger partial charge in [0.25, 0.3) is 0 Å². The molecule has 1 atom stereocenters. The van der Waals surface area contributed by atoms with E-state index in [-0.39, 0.29) is 17.9 Å². The third-order valence-electron chi connectivity index (χ3n) is 7.90. The van der Waals surface area contributed by atoms with Gasteiger partial charge in [0.05, 0.1) is 6.61 Å². The molecule has 0 aliphatic rings. The average Bonchev–Trinajstić information content (AvgIpc) is 2.94. The lowest BCUT2D eigenvalue weighted by Crippen LogP contribution is -2.30. The highest BCUT2D eigenvalue weighted by Gasteiger charge is 2.24. The Balaban J connectivity index is 3.96. The normalized spacial score (nSPS) is 12.1. The summed E-state index contributed by atoms with van der Waals surface area (Å²) in [5.74, 6) is -0.332. The quantitative estimate of drug-likeness (QED) is 0.0618. The van der Waals surface area contributed by atoms with Crippen LogP contribution >= 0.6 is 0 Å². The third kappa shape index (κ3) is 28.5. The highest BCUT2D eigenvalue weighted by Crippen LogP contribution is 2.17. The molecule has 4 heteroatoms. The van der Waals surface area contributed by atoms with Gasteiger partial charge in [-0.15, -0.1) is 0 Å². The Morgan fingerprint density at radius 2 is 0.850 bits per heavy atom. The van der Waals surface area contributed by atoms with Gasteiger partial charge < -0.3 is 9.47 Å². The summed E-state index contributed by atoms with van der Waals surface area (Å²) in [6.45, 7) is 8.96. The van der Waals surface area contributed by atoms with Gasteiger partial charge in [-0.3, -0.25) is 4.79 Å². The summed E-state index contributed by atoms with van der Waals surface area (Å²) in [5, 5.41) is 0. The fourth-order valence-electron chi connectivity index (χ4n) is 5.24. The highest BCUT2D eigenvalue weighted by molar-refractivity contribution is 5.79. The molecule has 0 aromatic heterocycles. The van der Waals surface area contributed by atoms with Crippen LogP contribution in [0.1, 0.15) is 201 Å². The van der Waals surface area contributed by atoms with Gasteiger partial charge in [0.1, 0.15) is 0 Å². The highest BCUT2D eigenvalue weighted by atomic mass is 16.6. The lowest BCUT2D eigenvalue weighted by atomic mass is 10.0. The van der Waals surface area contributed by atoms with E-state index in [9.17, 15) is 9.59 Å². The molecule has 0 aromatic rings. The minimum atomic E-state index is -0.739. The fourth-order valence-corrected chi connectivity index (χ4v) is 5.24. The van der Waals surface area contributed by atoms with Gasteiger partial charge in [0, 0.05) is 6.42 Å². The predicted octanol–water partition coefficient (Wildman–Crippen LogP) is 11.7. The molecule has 0 heterocycles. The number of ether oxygens (including phenoxy) is 2. The number of rotatable bonds is 31. The first-order chi connectivity index (χ1) is 19.5. The Morgan fingerprint density at radius 3 is 1.23 bits per heavy atom. The van der Waals surface area contributed by atoms with Crippen molar-refractivity contribution in [3.63, 3.8) is 0 Å². The van der Waals surface area contributed by atoms with E-state index in [1.165, 1.54) is 135 Å². The molecule has 1 unspecified atom stereocenters. The Bertz CT molecular complexity index is 545. The second-order valence-electron chi connectivity index (χ2n) is 12.7. The van der Waals surface area contributed by atoms with E-state index in [1.807, 2.05) is 13.8 Å². The summed E-state index contributed by atoms with van der Waals surface area (Å²) in [5.41, 5.74) is 0. The zero-order chi connectivity index (χ0) is 29.5. The van der Waals surface area contributed by atoms with Gasteiger partial charge in [0.15, 0.2) is 6.10 Å². The van der Waals surface area contributed by atoms with Crippen LogP contribution in [0.5, 0.6) is 0 Å². The number of carbonyl (C=O) groups is 2.